The highest BCUT2D eigenvalue weighted by Gasteiger charge is 2.33. The second kappa shape index (κ2) is 8.16. The van der Waals surface area contributed by atoms with Crippen LogP contribution < -0.4 is 10.1 Å². The van der Waals surface area contributed by atoms with E-state index in [1.165, 1.54) is 33.8 Å². The molecule has 0 bridgehead atoms. The zero-order valence-electron chi connectivity index (χ0n) is 16.3. The second-order valence-electron chi connectivity index (χ2n) is 7.48. The van der Waals surface area contributed by atoms with Crippen LogP contribution in [0.5, 0.6) is 5.75 Å². The first-order chi connectivity index (χ1) is 12.8. The number of rotatable bonds is 5. The van der Waals surface area contributed by atoms with Gasteiger partial charge in [0.1, 0.15) is 5.75 Å². The molecule has 1 N–H and O–H groups in total. The van der Waals surface area contributed by atoms with Crippen molar-refractivity contribution in [2.24, 2.45) is 5.92 Å². The Hall–Kier alpha value is -1.64. The van der Waals surface area contributed by atoms with Crippen LogP contribution in [0, 0.1) is 5.92 Å². The van der Waals surface area contributed by atoms with E-state index in [9.17, 15) is 13.2 Å². The van der Waals surface area contributed by atoms with Crippen molar-refractivity contribution in [3.8, 4) is 5.75 Å². The highest BCUT2D eigenvalue weighted by molar-refractivity contribution is 7.86. The number of methoxy groups -OCH3 is 1. The molecule has 0 aromatic heterocycles. The van der Waals surface area contributed by atoms with Gasteiger partial charge in [0.05, 0.1) is 13.2 Å². The van der Waals surface area contributed by atoms with Crippen LogP contribution in [-0.2, 0) is 21.4 Å². The lowest BCUT2D eigenvalue weighted by atomic mass is 9.86. The van der Waals surface area contributed by atoms with Crippen molar-refractivity contribution < 1.29 is 17.9 Å². The molecule has 1 aliphatic heterocycles. The first kappa shape index (κ1) is 20.1. The number of carbonyl (C=O) groups is 1. The Bertz CT molecular complexity index is 786. The molecule has 0 spiro atoms. The number of fused-ring (bicyclic) bond motifs is 1. The van der Waals surface area contributed by atoms with Crippen molar-refractivity contribution in [3.05, 3.63) is 29.3 Å². The number of carbonyl (C=O) groups excluding carboxylic acids is 1. The van der Waals surface area contributed by atoms with Crippen LogP contribution in [-0.4, -0.2) is 57.2 Å². The van der Waals surface area contributed by atoms with Gasteiger partial charge in [0.2, 0.25) is 5.91 Å². The van der Waals surface area contributed by atoms with Crippen LogP contribution in [0.1, 0.15) is 42.9 Å². The number of aryl methyl sites for hydroxylation is 1. The Balaban J connectivity index is 1.61. The monoisotopic (exact) mass is 395 g/mol. The highest BCUT2D eigenvalue weighted by Crippen LogP contribution is 2.33. The minimum absolute atomic E-state index is 0.0238. The van der Waals surface area contributed by atoms with Gasteiger partial charge in [-0.25, -0.2) is 0 Å². The van der Waals surface area contributed by atoms with Gasteiger partial charge in [-0.2, -0.15) is 17.0 Å². The van der Waals surface area contributed by atoms with Gasteiger partial charge in [0, 0.05) is 33.1 Å². The molecular formula is C19H29N3O4S. The largest absolute Gasteiger partial charge is 0.497 e. The Kier molecular flexibility index (Phi) is 6.08. The predicted molar refractivity (Wildman–Crippen MR) is 104 cm³/mol. The highest BCUT2D eigenvalue weighted by atomic mass is 32.2. The Morgan fingerprint density at radius 3 is 2.56 bits per heavy atom. The summed E-state index contributed by atoms with van der Waals surface area (Å²) in [6.07, 6.45) is 4.07. The van der Waals surface area contributed by atoms with Gasteiger partial charge in [-0.3, -0.25) is 4.79 Å². The molecule has 1 aromatic carbocycles. The van der Waals surface area contributed by atoms with E-state index in [0.717, 1.165) is 25.0 Å². The van der Waals surface area contributed by atoms with E-state index >= 15 is 0 Å². The Morgan fingerprint density at radius 1 is 1.22 bits per heavy atom. The summed E-state index contributed by atoms with van der Waals surface area (Å²) < 4.78 is 32.4. The number of nitrogens with zero attached hydrogens (tertiary/aromatic N) is 2. The van der Waals surface area contributed by atoms with Crippen LogP contribution in [0.2, 0.25) is 0 Å². The van der Waals surface area contributed by atoms with Crippen molar-refractivity contribution >= 4 is 16.1 Å². The lowest BCUT2D eigenvalue weighted by Crippen LogP contribution is -2.47. The minimum Gasteiger partial charge on any atom is -0.497 e. The van der Waals surface area contributed by atoms with Crippen molar-refractivity contribution in [2.45, 2.75) is 38.1 Å². The summed E-state index contributed by atoms with van der Waals surface area (Å²) in [6.45, 7) is 0.772. The smallest absolute Gasteiger partial charge is 0.281 e. The number of nitrogens with one attached hydrogen (secondary N) is 1. The summed E-state index contributed by atoms with van der Waals surface area (Å²) in [6, 6.07) is 6.06. The Morgan fingerprint density at radius 2 is 1.93 bits per heavy atom. The molecule has 150 valence electrons. The number of amides is 1. The molecule has 27 heavy (non-hydrogen) atoms. The van der Waals surface area contributed by atoms with Crippen LogP contribution >= 0.6 is 0 Å². The van der Waals surface area contributed by atoms with Gasteiger partial charge in [-0.05, 0) is 55.4 Å². The molecule has 8 heteroatoms. The molecule has 0 saturated carbocycles. The molecule has 1 aromatic rings. The molecule has 1 amide bonds. The molecule has 3 rings (SSSR count). The lowest BCUT2D eigenvalue weighted by Gasteiger charge is -2.33. The fourth-order valence-corrected chi connectivity index (χ4v) is 5.07. The van der Waals surface area contributed by atoms with Crippen LogP contribution in [0.15, 0.2) is 18.2 Å². The predicted octanol–water partition coefficient (Wildman–Crippen LogP) is 1.71. The van der Waals surface area contributed by atoms with E-state index in [1.807, 2.05) is 12.1 Å². The van der Waals surface area contributed by atoms with E-state index in [2.05, 4.69) is 11.4 Å². The molecule has 1 heterocycles. The maximum absolute atomic E-state index is 12.8. The van der Waals surface area contributed by atoms with Gasteiger partial charge >= 0.3 is 0 Å². The SMILES string of the molecule is COc1ccc2c(c1)CCCC2NC(=O)C1CCN(S(=O)(=O)N(C)C)CC1. The maximum atomic E-state index is 12.8. The summed E-state index contributed by atoms with van der Waals surface area (Å²) in [5.74, 6) is 0.739. The molecule has 2 aliphatic rings. The van der Waals surface area contributed by atoms with Gasteiger partial charge in [-0.1, -0.05) is 6.07 Å². The third-order valence-electron chi connectivity index (χ3n) is 5.59. The number of piperidine rings is 1. The van der Waals surface area contributed by atoms with E-state index in [0.29, 0.717) is 25.9 Å². The minimum atomic E-state index is -3.40. The quantitative estimate of drug-likeness (QED) is 0.823. The zero-order chi connectivity index (χ0) is 19.6. The first-order valence-electron chi connectivity index (χ1n) is 9.47. The van der Waals surface area contributed by atoms with Crippen LogP contribution in [0.4, 0.5) is 0 Å². The number of hydrogen-bond donors (Lipinski definition) is 1. The Labute approximate surface area is 161 Å². The van der Waals surface area contributed by atoms with E-state index < -0.39 is 10.2 Å². The first-order valence-corrected chi connectivity index (χ1v) is 10.9. The summed E-state index contributed by atoms with van der Waals surface area (Å²) in [7, 11) is 1.32. The molecule has 1 atom stereocenters. The summed E-state index contributed by atoms with van der Waals surface area (Å²) in [5, 5.41) is 3.20. The van der Waals surface area contributed by atoms with Gasteiger partial charge in [-0.15, -0.1) is 0 Å². The van der Waals surface area contributed by atoms with Crippen molar-refractivity contribution in [2.75, 3.05) is 34.3 Å². The third kappa shape index (κ3) is 4.28. The van der Waals surface area contributed by atoms with Crippen LogP contribution in [0.3, 0.4) is 0 Å². The van der Waals surface area contributed by atoms with E-state index in [-0.39, 0.29) is 17.9 Å². The maximum Gasteiger partial charge on any atom is 0.281 e. The number of benzene rings is 1. The summed E-state index contributed by atoms with van der Waals surface area (Å²) >= 11 is 0. The fourth-order valence-electron chi connectivity index (χ4n) is 3.94. The number of hydrogen-bond acceptors (Lipinski definition) is 4. The lowest BCUT2D eigenvalue weighted by molar-refractivity contribution is -0.127. The zero-order valence-corrected chi connectivity index (χ0v) is 17.1. The molecule has 1 unspecified atom stereocenters. The van der Waals surface area contributed by atoms with Crippen molar-refractivity contribution in [3.63, 3.8) is 0 Å². The van der Waals surface area contributed by atoms with Crippen LogP contribution in [0.25, 0.3) is 0 Å². The molecule has 1 saturated heterocycles. The molecule has 1 aliphatic carbocycles. The molecule has 1 fully saturated rings. The average molecular weight is 396 g/mol. The fraction of sp³-hybridized carbons (Fsp3) is 0.632. The summed E-state index contributed by atoms with van der Waals surface area (Å²) in [5.41, 5.74) is 2.40. The molecule has 7 nitrogen and oxygen atoms in total. The second-order valence-corrected chi connectivity index (χ2v) is 9.62. The number of ether oxygens (including phenoxy) is 1. The molecular weight excluding hydrogens is 366 g/mol. The molecule has 0 radical (unpaired) electrons. The van der Waals surface area contributed by atoms with E-state index in [4.69, 9.17) is 4.74 Å². The summed E-state index contributed by atoms with van der Waals surface area (Å²) in [4.78, 5) is 12.8. The topological polar surface area (TPSA) is 79.0 Å². The normalized spacial score (nSPS) is 21.7. The van der Waals surface area contributed by atoms with Crippen molar-refractivity contribution in [1.29, 1.82) is 0 Å². The van der Waals surface area contributed by atoms with Crippen molar-refractivity contribution in [1.82, 2.24) is 13.9 Å². The van der Waals surface area contributed by atoms with E-state index in [1.54, 1.807) is 7.11 Å². The average Bonchev–Trinajstić information content (AvgIpc) is 2.67. The van der Waals surface area contributed by atoms with Gasteiger partial charge in [0.15, 0.2) is 0 Å². The standard InChI is InChI=1S/C19H29N3O4S/c1-21(2)27(24,25)22-11-9-14(10-12-22)19(23)20-18-6-4-5-15-13-16(26-3)7-8-17(15)18/h7-8,13-14,18H,4-6,9-12H2,1-3H3,(H,20,23). The third-order valence-corrected chi connectivity index (χ3v) is 7.53. The van der Waals surface area contributed by atoms with Gasteiger partial charge in [0.25, 0.3) is 10.2 Å². The van der Waals surface area contributed by atoms with Gasteiger partial charge < -0.3 is 10.1 Å².